The maximum absolute atomic E-state index is 12.7. The van der Waals surface area contributed by atoms with Crippen molar-refractivity contribution in [1.29, 1.82) is 0 Å². The molecule has 0 aromatic heterocycles. The number of hydrogen-bond acceptors (Lipinski definition) is 4. The highest BCUT2D eigenvalue weighted by Gasteiger charge is 2.47. The van der Waals surface area contributed by atoms with E-state index in [9.17, 15) is 14.4 Å². The first-order chi connectivity index (χ1) is 14.5. The molecule has 1 aliphatic heterocycles. The van der Waals surface area contributed by atoms with E-state index in [2.05, 4.69) is 5.32 Å². The lowest BCUT2D eigenvalue weighted by atomic mass is 9.85. The molecule has 30 heavy (non-hydrogen) atoms. The Kier molecular flexibility index (Phi) is 5.77. The van der Waals surface area contributed by atoms with Crippen LogP contribution in [0, 0.1) is 25.7 Å². The lowest BCUT2D eigenvalue weighted by molar-refractivity contribution is -0.122. The Balaban J connectivity index is 1.37. The number of carbonyl (C=O) groups is 3. The van der Waals surface area contributed by atoms with E-state index in [0.29, 0.717) is 18.5 Å². The number of nitrogens with zero attached hydrogens (tertiary/aromatic N) is 1. The number of benzene rings is 2. The third-order valence-corrected chi connectivity index (χ3v) is 6.86. The molecule has 2 aromatic carbocycles. The van der Waals surface area contributed by atoms with Gasteiger partial charge in [0.2, 0.25) is 17.7 Å². The van der Waals surface area contributed by atoms with Gasteiger partial charge in [0.1, 0.15) is 0 Å². The van der Waals surface area contributed by atoms with Crippen LogP contribution in [-0.4, -0.2) is 23.5 Å². The lowest BCUT2D eigenvalue weighted by Gasteiger charge is -2.15. The van der Waals surface area contributed by atoms with E-state index in [0.717, 1.165) is 21.7 Å². The number of imide groups is 1. The van der Waals surface area contributed by atoms with E-state index in [1.807, 2.05) is 56.3 Å². The first kappa shape index (κ1) is 20.4. The Morgan fingerprint density at radius 3 is 2.27 bits per heavy atom. The maximum Gasteiger partial charge on any atom is 0.238 e. The number of fused-ring (bicyclic) bond motifs is 1. The molecule has 3 amide bonds. The van der Waals surface area contributed by atoms with Crippen molar-refractivity contribution in [2.75, 3.05) is 16.0 Å². The molecule has 4 rings (SSSR count). The number of allylic oxidation sites excluding steroid dienone is 2. The van der Waals surface area contributed by atoms with Gasteiger partial charge in [0.25, 0.3) is 0 Å². The van der Waals surface area contributed by atoms with Gasteiger partial charge in [-0.15, -0.1) is 11.8 Å². The number of carbonyl (C=O) groups excluding carboxylic acids is 3. The van der Waals surface area contributed by atoms with Crippen LogP contribution in [0.4, 0.5) is 11.4 Å². The van der Waals surface area contributed by atoms with E-state index in [1.165, 1.54) is 16.7 Å². The molecule has 0 spiro atoms. The topological polar surface area (TPSA) is 66.5 Å². The fraction of sp³-hybridized carbons (Fsp3) is 0.292. The standard InChI is InChI=1S/C24H24N2O3S/c1-15-6-5-9-21(16(15)2)25-22(27)14-30-18-12-10-17(11-13-18)26-23(28)19-7-3-4-8-20(19)24(26)29/h3-6,9-13,19-20H,7-8,14H2,1-2H3,(H,25,27)/t19-,20+. The number of aryl methyl sites for hydroxylation is 1. The summed E-state index contributed by atoms with van der Waals surface area (Å²) >= 11 is 1.42. The Bertz CT molecular complexity index is 1000. The predicted molar refractivity (Wildman–Crippen MR) is 120 cm³/mol. The van der Waals surface area contributed by atoms with Gasteiger partial charge in [-0.25, -0.2) is 0 Å². The van der Waals surface area contributed by atoms with E-state index in [4.69, 9.17) is 0 Å². The fourth-order valence-electron chi connectivity index (χ4n) is 3.97. The molecule has 1 aliphatic carbocycles. The summed E-state index contributed by atoms with van der Waals surface area (Å²) in [7, 11) is 0. The van der Waals surface area contributed by atoms with Crippen molar-refractivity contribution >= 4 is 40.9 Å². The lowest BCUT2D eigenvalue weighted by Crippen LogP contribution is -2.30. The van der Waals surface area contributed by atoms with Gasteiger partial charge in [-0.05, 0) is 68.1 Å². The number of thioether (sulfide) groups is 1. The van der Waals surface area contributed by atoms with Gasteiger partial charge in [0.05, 0.1) is 23.3 Å². The van der Waals surface area contributed by atoms with Crippen LogP contribution in [-0.2, 0) is 14.4 Å². The largest absolute Gasteiger partial charge is 0.325 e. The highest BCUT2D eigenvalue weighted by Crippen LogP contribution is 2.38. The average Bonchev–Trinajstić information content (AvgIpc) is 3.01. The second kappa shape index (κ2) is 8.48. The summed E-state index contributed by atoms with van der Waals surface area (Å²) in [6.45, 7) is 4.01. The summed E-state index contributed by atoms with van der Waals surface area (Å²) in [6.07, 6.45) is 5.24. The minimum atomic E-state index is -0.231. The van der Waals surface area contributed by atoms with Crippen LogP contribution in [0.25, 0.3) is 0 Å². The zero-order valence-electron chi connectivity index (χ0n) is 17.1. The average molecular weight is 421 g/mol. The highest BCUT2D eigenvalue weighted by molar-refractivity contribution is 8.00. The van der Waals surface area contributed by atoms with Crippen molar-refractivity contribution in [2.24, 2.45) is 11.8 Å². The van der Waals surface area contributed by atoms with Gasteiger partial charge >= 0.3 is 0 Å². The van der Waals surface area contributed by atoms with Gasteiger partial charge in [0, 0.05) is 10.6 Å². The minimum Gasteiger partial charge on any atom is -0.325 e. The molecule has 1 fully saturated rings. The summed E-state index contributed by atoms with van der Waals surface area (Å²) < 4.78 is 0. The summed E-state index contributed by atoms with van der Waals surface area (Å²) in [5, 5.41) is 2.95. The minimum absolute atomic E-state index is 0.0701. The third kappa shape index (κ3) is 3.92. The number of nitrogens with one attached hydrogen (secondary N) is 1. The number of hydrogen-bond donors (Lipinski definition) is 1. The van der Waals surface area contributed by atoms with Crippen LogP contribution in [0.15, 0.2) is 59.5 Å². The molecule has 0 saturated carbocycles. The van der Waals surface area contributed by atoms with Crippen molar-refractivity contribution in [2.45, 2.75) is 31.6 Å². The van der Waals surface area contributed by atoms with Crippen LogP contribution >= 0.6 is 11.8 Å². The van der Waals surface area contributed by atoms with E-state index in [-0.39, 0.29) is 35.3 Å². The van der Waals surface area contributed by atoms with E-state index < -0.39 is 0 Å². The summed E-state index contributed by atoms with van der Waals surface area (Å²) in [6, 6.07) is 13.1. The second-order valence-corrected chi connectivity index (χ2v) is 8.79. The molecule has 6 heteroatoms. The molecular formula is C24H24N2O3S. The Morgan fingerprint density at radius 1 is 1.00 bits per heavy atom. The van der Waals surface area contributed by atoms with Crippen LogP contribution < -0.4 is 10.2 Å². The van der Waals surface area contributed by atoms with Crippen molar-refractivity contribution < 1.29 is 14.4 Å². The summed E-state index contributed by atoms with van der Waals surface area (Å²) in [5.74, 6) is -0.468. The van der Waals surface area contributed by atoms with Crippen molar-refractivity contribution in [3.05, 3.63) is 65.7 Å². The quantitative estimate of drug-likeness (QED) is 0.440. The molecule has 0 unspecified atom stereocenters. The van der Waals surface area contributed by atoms with E-state index >= 15 is 0 Å². The zero-order chi connectivity index (χ0) is 21.3. The number of rotatable bonds is 5. The monoisotopic (exact) mass is 420 g/mol. The first-order valence-electron chi connectivity index (χ1n) is 10.1. The molecule has 1 heterocycles. The van der Waals surface area contributed by atoms with E-state index in [1.54, 1.807) is 12.1 Å². The maximum atomic E-state index is 12.7. The third-order valence-electron chi connectivity index (χ3n) is 5.85. The normalized spacial score (nSPS) is 20.4. The zero-order valence-corrected chi connectivity index (χ0v) is 17.9. The van der Waals surface area contributed by atoms with Crippen LogP contribution in [0.2, 0.25) is 0 Å². The Hall–Kier alpha value is -2.86. The van der Waals surface area contributed by atoms with Crippen LogP contribution in [0.5, 0.6) is 0 Å². The predicted octanol–water partition coefficient (Wildman–Crippen LogP) is 4.49. The Labute approximate surface area is 180 Å². The van der Waals surface area contributed by atoms with Crippen LogP contribution in [0.1, 0.15) is 24.0 Å². The van der Waals surface area contributed by atoms with Crippen molar-refractivity contribution in [3.63, 3.8) is 0 Å². The Morgan fingerprint density at radius 2 is 1.63 bits per heavy atom. The molecule has 5 nitrogen and oxygen atoms in total. The number of anilines is 2. The number of amides is 3. The molecule has 1 saturated heterocycles. The molecule has 2 aliphatic rings. The molecule has 0 bridgehead atoms. The fourth-order valence-corrected chi connectivity index (χ4v) is 4.67. The van der Waals surface area contributed by atoms with Gasteiger partial charge in [-0.1, -0.05) is 24.3 Å². The molecule has 2 atom stereocenters. The van der Waals surface area contributed by atoms with Gasteiger partial charge in [0.15, 0.2) is 0 Å². The first-order valence-corrected chi connectivity index (χ1v) is 11.1. The van der Waals surface area contributed by atoms with Crippen LogP contribution in [0.3, 0.4) is 0 Å². The molecule has 0 radical (unpaired) electrons. The smallest absolute Gasteiger partial charge is 0.238 e. The van der Waals surface area contributed by atoms with Crippen molar-refractivity contribution in [3.8, 4) is 0 Å². The molecular weight excluding hydrogens is 396 g/mol. The van der Waals surface area contributed by atoms with Gasteiger partial charge in [-0.3, -0.25) is 19.3 Å². The molecule has 1 N–H and O–H groups in total. The van der Waals surface area contributed by atoms with Gasteiger partial charge < -0.3 is 5.32 Å². The van der Waals surface area contributed by atoms with Crippen molar-refractivity contribution in [1.82, 2.24) is 0 Å². The second-order valence-electron chi connectivity index (χ2n) is 7.75. The summed E-state index contributed by atoms with van der Waals surface area (Å²) in [5.41, 5.74) is 3.63. The summed E-state index contributed by atoms with van der Waals surface area (Å²) in [4.78, 5) is 39.9. The van der Waals surface area contributed by atoms with Gasteiger partial charge in [-0.2, -0.15) is 0 Å². The molecule has 154 valence electrons. The highest BCUT2D eigenvalue weighted by atomic mass is 32.2. The SMILES string of the molecule is Cc1cccc(NC(=O)CSc2ccc(N3C(=O)[C@H]4CC=CC[C@H]4C3=O)cc2)c1C. The molecule has 2 aromatic rings.